The van der Waals surface area contributed by atoms with Gasteiger partial charge in [-0.15, -0.1) is 0 Å². The maximum Gasteiger partial charge on any atom is 0.224 e. The molecule has 2 rings (SSSR count). The number of hydrogen-bond acceptors (Lipinski definition) is 4. The molecule has 0 aliphatic rings. The Balaban J connectivity index is 1.97. The number of aryl methyl sites for hydroxylation is 1. The first-order valence-corrected chi connectivity index (χ1v) is 6.45. The summed E-state index contributed by atoms with van der Waals surface area (Å²) in [6, 6.07) is 6.87. The summed E-state index contributed by atoms with van der Waals surface area (Å²) in [6.45, 7) is 2.39. The molecule has 1 aromatic carbocycles. The predicted octanol–water partition coefficient (Wildman–Crippen LogP) is 1.59. The van der Waals surface area contributed by atoms with Crippen molar-refractivity contribution >= 4 is 5.91 Å². The summed E-state index contributed by atoms with van der Waals surface area (Å²) >= 11 is 0. The molecule has 6 nitrogen and oxygen atoms in total. The number of hydrogen-bond donors (Lipinski definition) is 1. The molecule has 0 spiro atoms. The zero-order valence-electron chi connectivity index (χ0n) is 11.6. The Labute approximate surface area is 117 Å². The lowest BCUT2D eigenvalue weighted by Gasteiger charge is -2.26. The van der Waals surface area contributed by atoms with Crippen molar-refractivity contribution in [1.29, 1.82) is 0 Å². The van der Waals surface area contributed by atoms with Crippen LogP contribution in [0.4, 0.5) is 0 Å². The number of nitrogens with zero attached hydrogens (tertiary/aromatic N) is 4. The lowest BCUT2D eigenvalue weighted by Crippen LogP contribution is -2.30. The van der Waals surface area contributed by atoms with Crippen molar-refractivity contribution in [2.24, 2.45) is 0 Å². The zero-order valence-corrected chi connectivity index (χ0v) is 11.6. The number of carbonyl (C=O) groups excluding carboxylic acids is 1. The molecular formula is C14H18N4O2. The summed E-state index contributed by atoms with van der Waals surface area (Å²) < 4.78 is 1.62. The van der Waals surface area contributed by atoms with Gasteiger partial charge in [-0.3, -0.25) is 9.48 Å². The highest BCUT2D eigenvalue weighted by Crippen LogP contribution is 2.27. The first-order valence-electron chi connectivity index (χ1n) is 6.45. The van der Waals surface area contributed by atoms with Crippen molar-refractivity contribution < 1.29 is 9.90 Å². The highest BCUT2D eigenvalue weighted by Gasteiger charge is 2.19. The monoisotopic (exact) mass is 274 g/mol. The Bertz CT molecular complexity index is 568. The number of para-hydroxylation sites is 1. The summed E-state index contributed by atoms with van der Waals surface area (Å²) in [5, 5.41) is 13.8. The maximum absolute atomic E-state index is 12.1. The fourth-order valence-electron chi connectivity index (χ4n) is 2.00. The van der Waals surface area contributed by atoms with E-state index in [1.807, 2.05) is 19.1 Å². The van der Waals surface area contributed by atoms with E-state index < -0.39 is 0 Å². The summed E-state index contributed by atoms with van der Waals surface area (Å²) in [6.07, 6.45) is 3.37. The molecular weight excluding hydrogens is 256 g/mol. The molecule has 0 fully saturated rings. The number of rotatable bonds is 5. The van der Waals surface area contributed by atoms with Gasteiger partial charge in [-0.05, 0) is 13.0 Å². The van der Waals surface area contributed by atoms with Crippen molar-refractivity contribution in [2.45, 2.75) is 25.9 Å². The van der Waals surface area contributed by atoms with Gasteiger partial charge in [-0.2, -0.15) is 5.10 Å². The van der Waals surface area contributed by atoms with E-state index in [-0.39, 0.29) is 17.7 Å². The van der Waals surface area contributed by atoms with E-state index in [1.165, 1.54) is 6.33 Å². The number of phenolic OH excluding ortho intramolecular Hbond substituents is 1. The van der Waals surface area contributed by atoms with E-state index >= 15 is 0 Å². The lowest BCUT2D eigenvalue weighted by molar-refractivity contribution is -0.132. The lowest BCUT2D eigenvalue weighted by atomic mass is 10.1. The molecule has 0 saturated carbocycles. The molecule has 6 heteroatoms. The summed E-state index contributed by atoms with van der Waals surface area (Å²) in [7, 11) is 1.74. The quantitative estimate of drug-likeness (QED) is 0.898. The largest absolute Gasteiger partial charge is 0.508 e. The molecule has 1 unspecified atom stereocenters. The fraction of sp³-hybridized carbons (Fsp3) is 0.357. The van der Waals surface area contributed by atoms with Crippen LogP contribution in [-0.2, 0) is 11.3 Å². The second-order valence-corrected chi connectivity index (χ2v) is 4.65. The minimum Gasteiger partial charge on any atom is -0.508 e. The van der Waals surface area contributed by atoms with Crippen LogP contribution >= 0.6 is 0 Å². The topological polar surface area (TPSA) is 71.2 Å². The first kappa shape index (κ1) is 14.0. The molecule has 1 atom stereocenters. The molecule has 0 aliphatic heterocycles. The van der Waals surface area contributed by atoms with Crippen LogP contribution in [0.25, 0.3) is 0 Å². The van der Waals surface area contributed by atoms with Crippen molar-refractivity contribution in [3.05, 3.63) is 42.5 Å². The van der Waals surface area contributed by atoms with Crippen LogP contribution in [0, 0.1) is 0 Å². The van der Waals surface area contributed by atoms with Crippen LogP contribution in [0.15, 0.2) is 36.9 Å². The number of benzene rings is 1. The summed E-state index contributed by atoms with van der Waals surface area (Å²) in [4.78, 5) is 17.6. The Hall–Kier alpha value is -2.37. The van der Waals surface area contributed by atoms with E-state index in [1.54, 1.807) is 35.1 Å². The van der Waals surface area contributed by atoms with Crippen LogP contribution in [-0.4, -0.2) is 37.7 Å². The number of aromatic hydroxyl groups is 1. The van der Waals surface area contributed by atoms with E-state index in [0.29, 0.717) is 13.0 Å². The third-order valence-electron chi connectivity index (χ3n) is 3.38. The maximum atomic E-state index is 12.1. The average molecular weight is 274 g/mol. The minimum absolute atomic E-state index is 0.00347. The minimum atomic E-state index is -0.181. The predicted molar refractivity (Wildman–Crippen MR) is 73.9 cm³/mol. The molecule has 1 aromatic heterocycles. The molecule has 0 aliphatic carbocycles. The highest BCUT2D eigenvalue weighted by molar-refractivity contribution is 5.76. The molecule has 0 bridgehead atoms. The number of aromatic nitrogens is 3. The molecule has 20 heavy (non-hydrogen) atoms. The van der Waals surface area contributed by atoms with Gasteiger partial charge >= 0.3 is 0 Å². The fourth-order valence-corrected chi connectivity index (χ4v) is 2.00. The van der Waals surface area contributed by atoms with E-state index in [0.717, 1.165) is 5.56 Å². The van der Waals surface area contributed by atoms with Crippen LogP contribution in [0.1, 0.15) is 24.9 Å². The van der Waals surface area contributed by atoms with Crippen LogP contribution in [0.2, 0.25) is 0 Å². The highest BCUT2D eigenvalue weighted by atomic mass is 16.3. The molecule has 0 saturated heterocycles. The molecule has 1 heterocycles. The van der Waals surface area contributed by atoms with Gasteiger partial charge in [0.1, 0.15) is 18.4 Å². The number of carbonyl (C=O) groups is 1. The molecule has 1 N–H and O–H groups in total. The average Bonchev–Trinajstić information content (AvgIpc) is 2.97. The number of amides is 1. The standard InChI is InChI=1S/C14H18N4O2/c1-11(12-5-3-4-6-13(12)19)17(2)14(20)7-8-18-10-15-9-16-18/h3-6,9-11,19H,7-8H2,1-2H3. The van der Waals surface area contributed by atoms with Gasteiger partial charge in [0, 0.05) is 19.0 Å². The Kier molecular flexibility index (Phi) is 4.34. The van der Waals surface area contributed by atoms with Crippen molar-refractivity contribution in [3.63, 3.8) is 0 Å². The number of phenols is 1. The van der Waals surface area contributed by atoms with Gasteiger partial charge in [0.05, 0.1) is 12.6 Å². The Morgan fingerprint density at radius 2 is 2.20 bits per heavy atom. The normalized spacial score (nSPS) is 12.1. The van der Waals surface area contributed by atoms with Gasteiger partial charge in [0.2, 0.25) is 5.91 Å². The summed E-state index contributed by atoms with van der Waals surface area (Å²) in [5.41, 5.74) is 0.740. The van der Waals surface area contributed by atoms with Crippen molar-refractivity contribution in [2.75, 3.05) is 7.05 Å². The zero-order chi connectivity index (χ0) is 14.5. The third kappa shape index (κ3) is 3.14. The Morgan fingerprint density at radius 3 is 2.85 bits per heavy atom. The van der Waals surface area contributed by atoms with Gasteiger partial charge in [0.25, 0.3) is 0 Å². The molecule has 1 amide bonds. The summed E-state index contributed by atoms with van der Waals surface area (Å²) in [5.74, 6) is 0.201. The van der Waals surface area contributed by atoms with E-state index in [2.05, 4.69) is 10.1 Å². The van der Waals surface area contributed by atoms with Crippen LogP contribution in [0.5, 0.6) is 5.75 Å². The second-order valence-electron chi connectivity index (χ2n) is 4.65. The van der Waals surface area contributed by atoms with E-state index in [9.17, 15) is 9.90 Å². The van der Waals surface area contributed by atoms with E-state index in [4.69, 9.17) is 0 Å². The third-order valence-corrected chi connectivity index (χ3v) is 3.38. The molecule has 0 radical (unpaired) electrons. The molecule has 106 valence electrons. The van der Waals surface area contributed by atoms with Gasteiger partial charge in [-0.25, -0.2) is 4.98 Å². The van der Waals surface area contributed by atoms with Gasteiger partial charge in [0.15, 0.2) is 0 Å². The smallest absolute Gasteiger partial charge is 0.224 e. The van der Waals surface area contributed by atoms with Crippen molar-refractivity contribution in [1.82, 2.24) is 19.7 Å². The van der Waals surface area contributed by atoms with Crippen molar-refractivity contribution in [3.8, 4) is 5.75 Å². The van der Waals surface area contributed by atoms with Crippen LogP contribution in [0.3, 0.4) is 0 Å². The SMILES string of the molecule is CC(c1ccccc1O)N(C)C(=O)CCn1cncn1. The first-order chi connectivity index (χ1) is 9.59. The molecule has 2 aromatic rings. The second kappa shape index (κ2) is 6.18. The van der Waals surface area contributed by atoms with Gasteiger partial charge < -0.3 is 10.0 Å². The van der Waals surface area contributed by atoms with Gasteiger partial charge in [-0.1, -0.05) is 18.2 Å². The van der Waals surface area contributed by atoms with Crippen LogP contribution < -0.4 is 0 Å². The Morgan fingerprint density at radius 1 is 1.45 bits per heavy atom.